The van der Waals surface area contributed by atoms with Crippen LogP contribution in [0.25, 0.3) is 0 Å². The van der Waals surface area contributed by atoms with Crippen LogP contribution in [0.15, 0.2) is 0 Å². The standard InChI is InChI=1S/C14H29N3O/c1-11(2)6-7-12(3)17-9-8-15-10-13(17)14(18)16(4)5/h11-13,15H,6-10H2,1-5H3. The van der Waals surface area contributed by atoms with Gasteiger partial charge in [0, 0.05) is 39.8 Å². The fraction of sp³-hybridized carbons (Fsp3) is 0.929. The number of nitrogens with zero attached hydrogens (tertiary/aromatic N) is 2. The topological polar surface area (TPSA) is 35.6 Å². The summed E-state index contributed by atoms with van der Waals surface area (Å²) in [5.41, 5.74) is 0. The zero-order valence-corrected chi connectivity index (χ0v) is 12.6. The predicted molar refractivity (Wildman–Crippen MR) is 75.6 cm³/mol. The Morgan fingerprint density at radius 2 is 2.00 bits per heavy atom. The Bertz CT molecular complexity index is 266. The van der Waals surface area contributed by atoms with Crippen LogP contribution in [0.4, 0.5) is 0 Å². The molecule has 1 N–H and O–H groups in total. The van der Waals surface area contributed by atoms with Crippen LogP contribution >= 0.6 is 0 Å². The summed E-state index contributed by atoms with van der Waals surface area (Å²) in [7, 11) is 3.68. The molecule has 1 aliphatic rings. The van der Waals surface area contributed by atoms with Crippen LogP contribution in [0.3, 0.4) is 0 Å². The highest BCUT2D eigenvalue weighted by atomic mass is 16.2. The Balaban J connectivity index is 2.61. The maximum Gasteiger partial charge on any atom is 0.240 e. The zero-order valence-electron chi connectivity index (χ0n) is 12.6. The van der Waals surface area contributed by atoms with Gasteiger partial charge in [-0.3, -0.25) is 9.69 Å². The lowest BCUT2D eigenvalue weighted by atomic mass is 10.0. The monoisotopic (exact) mass is 255 g/mol. The van der Waals surface area contributed by atoms with Crippen molar-refractivity contribution in [3.8, 4) is 0 Å². The van der Waals surface area contributed by atoms with Gasteiger partial charge in [0.1, 0.15) is 6.04 Å². The summed E-state index contributed by atoms with van der Waals surface area (Å²) in [6.07, 6.45) is 2.41. The molecule has 0 spiro atoms. The molecule has 2 atom stereocenters. The Kier molecular flexibility index (Phi) is 6.09. The molecule has 0 aromatic carbocycles. The molecule has 0 aromatic rings. The van der Waals surface area contributed by atoms with Crippen molar-refractivity contribution in [2.45, 2.75) is 45.7 Å². The molecule has 1 heterocycles. The molecule has 0 radical (unpaired) electrons. The van der Waals surface area contributed by atoms with Crippen LogP contribution in [0.5, 0.6) is 0 Å². The number of rotatable bonds is 5. The van der Waals surface area contributed by atoms with Gasteiger partial charge in [-0.05, 0) is 25.7 Å². The van der Waals surface area contributed by atoms with E-state index in [9.17, 15) is 4.79 Å². The summed E-state index contributed by atoms with van der Waals surface area (Å²) < 4.78 is 0. The Labute approximate surface area is 112 Å². The van der Waals surface area contributed by atoms with E-state index in [1.165, 1.54) is 12.8 Å². The van der Waals surface area contributed by atoms with E-state index in [1.807, 2.05) is 14.1 Å². The number of piperazine rings is 1. The number of nitrogens with one attached hydrogen (secondary N) is 1. The van der Waals surface area contributed by atoms with Crippen LogP contribution < -0.4 is 5.32 Å². The third-order valence-electron chi connectivity index (χ3n) is 3.74. The highest BCUT2D eigenvalue weighted by molar-refractivity contribution is 5.81. The van der Waals surface area contributed by atoms with Gasteiger partial charge in [0.05, 0.1) is 0 Å². The van der Waals surface area contributed by atoms with Crippen molar-refractivity contribution < 1.29 is 4.79 Å². The lowest BCUT2D eigenvalue weighted by molar-refractivity contribution is -0.136. The summed E-state index contributed by atoms with van der Waals surface area (Å²) in [5, 5.41) is 3.33. The van der Waals surface area contributed by atoms with Crippen molar-refractivity contribution >= 4 is 5.91 Å². The Morgan fingerprint density at radius 1 is 1.33 bits per heavy atom. The van der Waals surface area contributed by atoms with Gasteiger partial charge in [-0.1, -0.05) is 13.8 Å². The van der Waals surface area contributed by atoms with Crippen LogP contribution in [-0.2, 0) is 4.79 Å². The molecule has 0 bridgehead atoms. The molecule has 18 heavy (non-hydrogen) atoms. The van der Waals surface area contributed by atoms with Crippen LogP contribution in [0, 0.1) is 5.92 Å². The van der Waals surface area contributed by atoms with E-state index in [1.54, 1.807) is 4.90 Å². The molecule has 1 rings (SSSR count). The molecule has 1 amide bonds. The summed E-state index contributed by atoms with van der Waals surface area (Å²) in [5.74, 6) is 0.956. The molecule has 4 nitrogen and oxygen atoms in total. The van der Waals surface area contributed by atoms with E-state index >= 15 is 0 Å². The lowest BCUT2D eigenvalue weighted by Crippen LogP contribution is -2.60. The first-order chi connectivity index (χ1) is 8.43. The SMILES string of the molecule is CC(C)CCC(C)N1CCNCC1C(=O)N(C)C. The summed E-state index contributed by atoms with van der Waals surface area (Å²) in [6.45, 7) is 9.51. The van der Waals surface area contributed by atoms with E-state index < -0.39 is 0 Å². The average Bonchev–Trinajstić information content (AvgIpc) is 2.34. The smallest absolute Gasteiger partial charge is 0.240 e. The van der Waals surface area contributed by atoms with Gasteiger partial charge in [-0.25, -0.2) is 0 Å². The third kappa shape index (κ3) is 4.25. The molecule has 1 fully saturated rings. The molecule has 1 saturated heterocycles. The second kappa shape index (κ2) is 7.10. The average molecular weight is 255 g/mol. The van der Waals surface area contributed by atoms with Gasteiger partial charge < -0.3 is 10.2 Å². The molecule has 2 unspecified atom stereocenters. The Morgan fingerprint density at radius 3 is 2.56 bits per heavy atom. The van der Waals surface area contributed by atoms with Crippen molar-refractivity contribution in [3.05, 3.63) is 0 Å². The largest absolute Gasteiger partial charge is 0.347 e. The molecule has 0 aliphatic carbocycles. The fourth-order valence-corrected chi connectivity index (χ4v) is 2.52. The highest BCUT2D eigenvalue weighted by Crippen LogP contribution is 2.16. The predicted octanol–water partition coefficient (Wildman–Crippen LogP) is 1.17. The molecule has 0 aromatic heterocycles. The first-order valence-corrected chi connectivity index (χ1v) is 7.11. The number of amides is 1. The van der Waals surface area contributed by atoms with Crippen molar-refractivity contribution in [2.24, 2.45) is 5.92 Å². The first kappa shape index (κ1) is 15.4. The second-order valence-electron chi connectivity index (χ2n) is 6.01. The van der Waals surface area contributed by atoms with Crippen LogP contribution in [0.2, 0.25) is 0 Å². The van der Waals surface area contributed by atoms with Crippen LogP contribution in [-0.4, -0.2) is 61.5 Å². The molecule has 4 heteroatoms. The molecule has 1 aliphatic heterocycles. The first-order valence-electron chi connectivity index (χ1n) is 7.11. The van der Waals surface area contributed by atoms with Crippen molar-refractivity contribution in [1.29, 1.82) is 0 Å². The number of hydrogen-bond donors (Lipinski definition) is 1. The van der Waals surface area contributed by atoms with Gasteiger partial charge in [0.15, 0.2) is 0 Å². The van der Waals surface area contributed by atoms with Gasteiger partial charge >= 0.3 is 0 Å². The summed E-state index contributed by atoms with van der Waals surface area (Å²) >= 11 is 0. The zero-order chi connectivity index (χ0) is 13.7. The van der Waals surface area contributed by atoms with Gasteiger partial charge in [-0.2, -0.15) is 0 Å². The van der Waals surface area contributed by atoms with E-state index in [2.05, 4.69) is 31.0 Å². The molecular formula is C14H29N3O. The Hall–Kier alpha value is -0.610. The molecule has 106 valence electrons. The number of hydrogen-bond acceptors (Lipinski definition) is 3. The van der Waals surface area contributed by atoms with E-state index in [0.29, 0.717) is 6.04 Å². The van der Waals surface area contributed by atoms with Crippen molar-refractivity contribution in [3.63, 3.8) is 0 Å². The maximum atomic E-state index is 12.2. The van der Waals surface area contributed by atoms with E-state index in [4.69, 9.17) is 0 Å². The van der Waals surface area contributed by atoms with Crippen molar-refractivity contribution in [1.82, 2.24) is 15.1 Å². The highest BCUT2D eigenvalue weighted by Gasteiger charge is 2.32. The second-order valence-corrected chi connectivity index (χ2v) is 6.01. The van der Waals surface area contributed by atoms with E-state index in [0.717, 1.165) is 25.6 Å². The number of likely N-dealkylation sites (N-methyl/N-ethyl adjacent to an activating group) is 1. The normalized spacial score (nSPS) is 23.1. The van der Waals surface area contributed by atoms with E-state index in [-0.39, 0.29) is 11.9 Å². The van der Waals surface area contributed by atoms with Gasteiger partial charge in [0.25, 0.3) is 0 Å². The third-order valence-corrected chi connectivity index (χ3v) is 3.74. The lowest BCUT2D eigenvalue weighted by Gasteiger charge is -2.40. The summed E-state index contributed by atoms with van der Waals surface area (Å²) in [6, 6.07) is 0.499. The summed E-state index contributed by atoms with van der Waals surface area (Å²) in [4.78, 5) is 16.3. The van der Waals surface area contributed by atoms with Crippen LogP contribution in [0.1, 0.15) is 33.6 Å². The number of carbonyl (C=O) groups excluding carboxylic acids is 1. The minimum atomic E-state index is 0.0101. The van der Waals surface area contributed by atoms with Gasteiger partial charge in [-0.15, -0.1) is 0 Å². The quantitative estimate of drug-likeness (QED) is 0.801. The minimum Gasteiger partial charge on any atom is -0.347 e. The molecule has 0 saturated carbocycles. The van der Waals surface area contributed by atoms with Crippen molar-refractivity contribution in [2.75, 3.05) is 33.7 Å². The number of carbonyl (C=O) groups is 1. The fourth-order valence-electron chi connectivity index (χ4n) is 2.52. The maximum absolute atomic E-state index is 12.2. The molecular weight excluding hydrogens is 226 g/mol. The minimum absolute atomic E-state index is 0.0101. The van der Waals surface area contributed by atoms with Gasteiger partial charge in [0.2, 0.25) is 5.91 Å².